The maximum absolute atomic E-state index is 2.63. The second-order valence-corrected chi connectivity index (χ2v) is 17.8. The molecule has 1 atom stereocenters. The van der Waals surface area contributed by atoms with Gasteiger partial charge in [-0.2, -0.15) is 0 Å². The Balaban J connectivity index is 0.952. The zero-order valence-electron chi connectivity index (χ0n) is 33.6. The molecule has 0 saturated carbocycles. The van der Waals surface area contributed by atoms with Crippen molar-refractivity contribution in [2.45, 2.75) is 25.3 Å². The number of allylic oxidation sites excluding steroid dienone is 1. The molecule has 0 aliphatic heterocycles. The van der Waals surface area contributed by atoms with Gasteiger partial charge in [-0.3, -0.25) is 0 Å². The molecule has 0 bridgehead atoms. The Morgan fingerprint density at radius 1 is 0.475 bits per heavy atom. The number of nitrogens with zero attached hydrogens (tertiary/aromatic N) is 2. The third-order valence-corrected chi connectivity index (χ3v) is 14.5. The minimum atomic E-state index is 0.307. The smallest absolute Gasteiger partial charge is 0.0563 e. The predicted molar refractivity (Wildman–Crippen MR) is 263 cm³/mol. The van der Waals surface area contributed by atoms with Crippen molar-refractivity contribution in [3.63, 3.8) is 0 Å². The Hall–Kier alpha value is -7.20. The molecule has 0 radical (unpaired) electrons. The molecule has 2 aromatic heterocycles. The molecule has 0 fully saturated rings. The van der Waals surface area contributed by atoms with Crippen molar-refractivity contribution in [3.05, 3.63) is 204 Å². The van der Waals surface area contributed by atoms with E-state index < -0.39 is 0 Å². The topological polar surface area (TPSA) is 8.17 Å². The highest BCUT2D eigenvalue weighted by Crippen LogP contribution is 2.44. The van der Waals surface area contributed by atoms with Crippen LogP contribution in [0.4, 0.5) is 17.1 Å². The summed E-state index contributed by atoms with van der Waals surface area (Å²) >= 11 is 1.87. The molecule has 11 aromatic rings. The Morgan fingerprint density at radius 3 is 1.87 bits per heavy atom. The van der Waals surface area contributed by atoms with Crippen LogP contribution < -0.4 is 15.3 Å². The standard InChI is InChI=1S/C58H40N2S/c1-2-12-39-33-42(27-23-37(39)11-1)60-55-19-9-7-17-50(55)53-34-40(24-31-56(53)60)38-21-25-41(26-22-38)59(44-29-32-58-54(36-44)51-18-8-10-20-57(51)61-58)43-28-30-49-47-15-4-3-13-45(47)46-14-5-6-16-48(46)52(49)35-43/h1-8,10-18,20-26,28-36,42H,9,19,27H2. The van der Waals surface area contributed by atoms with Gasteiger partial charge in [-0.25, -0.2) is 0 Å². The van der Waals surface area contributed by atoms with E-state index in [1.165, 1.54) is 96.2 Å². The van der Waals surface area contributed by atoms with Crippen molar-refractivity contribution in [1.29, 1.82) is 0 Å². The van der Waals surface area contributed by atoms with Gasteiger partial charge in [0.15, 0.2) is 0 Å². The maximum Gasteiger partial charge on any atom is 0.0563 e. The molecule has 0 N–H and O–H groups in total. The molecule has 2 nitrogen and oxygen atoms in total. The lowest BCUT2D eigenvalue weighted by Gasteiger charge is -2.26. The lowest BCUT2D eigenvalue weighted by atomic mass is 9.94. The Morgan fingerprint density at radius 2 is 1.08 bits per heavy atom. The fraction of sp³-hybridized carbons (Fsp3) is 0.0690. The molecule has 9 aromatic carbocycles. The van der Waals surface area contributed by atoms with Gasteiger partial charge in [-0.15, -0.1) is 11.3 Å². The lowest BCUT2D eigenvalue weighted by Crippen LogP contribution is -2.29. The molecule has 3 heteroatoms. The van der Waals surface area contributed by atoms with Crippen molar-refractivity contribution in [2.24, 2.45) is 0 Å². The molecule has 61 heavy (non-hydrogen) atoms. The van der Waals surface area contributed by atoms with Gasteiger partial charge in [-0.1, -0.05) is 140 Å². The van der Waals surface area contributed by atoms with Crippen LogP contribution in [0.5, 0.6) is 0 Å². The predicted octanol–water partition coefficient (Wildman–Crippen LogP) is 14.8. The number of thiophene rings is 1. The van der Waals surface area contributed by atoms with Crippen molar-refractivity contribution >= 4 is 110 Å². The summed E-state index contributed by atoms with van der Waals surface area (Å²) in [5, 5.41) is 14.3. The van der Waals surface area contributed by atoms with Crippen molar-refractivity contribution in [2.75, 3.05) is 4.90 Å². The summed E-state index contributed by atoms with van der Waals surface area (Å²) < 4.78 is 5.26. The first kappa shape index (κ1) is 34.6. The molecule has 2 aliphatic carbocycles. The highest BCUT2D eigenvalue weighted by molar-refractivity contribution is 7.25. The van der Waals surface area contributed by atoms with Gasteiger partial charge in [0.1, 0.15) is 0 Å². The lowest BCUT2D eigenvalue weighted by molar-refractivity contribution is 0.635. The number of hydrogen-bond donors (Lipinski definition) is 0. The third kappa shape index (κ3) is 5.47. The van der Waals surface area contributed by atoms with E-state index in [9.17, 15) is 0 Å². The summed E-state index contributed by atoms with van der Waals surface area (Å²) in [5.41, 5.74) is 10.0. The molecule has 2 aliphatic rings. The average molecular weight is 797 g/mol. The van der Waals surface area contributed by atoms with Crippen LogP contribution in [0, 0.1) is 0 Å². The first-order valence-corrected chi connectivity index (χ1v) is 22.3. The van der Waals surface area contributed by atoms with Crippen LogP contribution in [0.2, 0.25) is 0 Å². The summed E-state index contributed by atoms with van der Waals surface area (Å²) in [7, 11) is 0. The zero-order chi connectivity index (χ0) is 40.0. The largest absolute Gasteiger partial charge is 0.337 e. The van der Waals surface area contributed by atoms with E-state index in [4.69, 9.17) is 0 Å². The number of hydrogen-bond acceptors (Lipinski definition) is 2. The molecule has 0 amide bonds. The second-order valence-electron chi connectivity index (χ2n) is 16.7. The molecule has 1 unspecified atom stereocenters. The highest BCUT2D eigenvalue weighted by Gasteiger charge is 2.23. The van der Waals surface area contributed by atoms with Crippen LogP contribution in [0.3, 0.4) is 0 Å². The van der Waals surface area contributed by atoms with Gasteiger partial charge >= 0.3 is 0 Å². The first-order valence-electron chi connectivity index (χ1n) is 21.5. The Kier molecular flexibility index (Phi) is 7.76. The van der Waals surface area contributed by atoms with Gasteiger partial charge in [0.2, 0.25) is 0 Å². The van der Waals surface area contributed by atoms with E-state index in [0.717, 1.165) is 36.3 Å². The van der Waals surface area contributed by atoms with Crippen LogP contribution >= 0.6 is 11.3 Å². The maximum atomic E-state index is 2.63. The SMILES string of the molecule is C1=Cc2c(n(C3C=c4ccccc4=CC3)c3ccc(-c4ccc(N(c5ccc6sc7ccccc7c6c5)c5ccc6c7ccccc7c7ccccc7c6c5)cc4)cc23)CC1. The van der Waals surface area contributed by atoms with Gasteiger partial charge in [0, 0.05) is 59.4 Å². The summed E-state index contributed by atoms with van der Waals surface area (Å²) in [4.78, 5) is 2.44. The summed E-state index contributed by atoms with van der Waals surface area (Å²) in [6.07, 6.45) is 12.8. The Bertz CT molecular complexity index is 3720. The second kappa shape index (κ2) is 13.7. The molecular weight excluding hydrogens is 757 g/mol. The molecular formula is C58H40N2S. The van der Waals surface area contributed by atoms with Crippen molar-refractivity contribution < 1.29 is 0 Å². The van der Waals surface area contributed by atoms with Crippen LogP contribution in [0.15, 0.2) is 182 Å². The van der Waals surface area contributed by atoms with E-state index in [-0.39, 0.29) is 0 Å². The summed E-state index contributed by atoms with van der Waals surface area (Å²) in [6, 6.07) is 66.0. The van der Waals surface area contributed by atoms with Crippen molar-refractivity contribution in [1.82, 2.24) is 4.57 Å². The first-order chi connectivity index (χ1) is 30.2. The van der Waals surface area contributed by atoms with Gasteiger partial charge in [-0.05, 0) is 134 Å². The quantitative estimate of drug-likeness (QED) is 0.158. The molecule has 0 spiro atoms. The van der Waals surface area contributed by atoms with E-state index in [1.807, 2.05) is 11.3 Å². The molecule has 288 valence electrons. The zero-order valence-corrected chi connectivity index (χ0v) is 34.4. The summed E-state index contributed by atoms with van der Waals surface area (Å²) in [5.74, 6) is 0. The van der Waals surface area contributed by atoms with Crippen LogP contribution in [-0.2, 0) is 6.42 Å². The minimum Gasteiger partial charge on any atom is -0.337 e. The number of rotatable bonds is 5. The van der Waals surface area contributed by atoms with E-state index >= 15 is 0 Å². The van der Waals surface area contributed by atoms with Crippen LogP contribution in [0.1, 0.15) is 30.1 Å². The fourth-order valence-electron chi connectivity index (χ4n) is 10.5. The number of benzene rings is 9. The van der Waals surface area contributed by atoms with Crippen molar-refractivity contribution in [3.8, 4) is 11.1 Å². The fourth-order valence-corrected chi connectivity index (χ4v) is 11.6. The minimum absolute atomic E-state index is 0.307. The van der Waals surface area contributed by atoms with E-state index in [1.54, 1.807) is 0 Å². The monoisotopic (exact) mass is 796 g/mol. The van der Waals surface area contributed by atoms with E-state index in [2.05, 4.69) is 210 Å². The number of fused-ring (bicyclic) bond motifs is 13. The summed E-state index contributed by atoms with van der Waals surface area (Å²) in [6.45, 7) is 0. The number of aromatic nitrogens is 1. The van der Waals surface area contributed by atoms with Gasteiger partial charge in [0.25, 0.3) is 0 Å². The van der Waals surface area contributed by atoms with Crippen LogP contribution in [0.25, 0.3) is 92.7 Å². The Labute approximate surface area is 357 Å². The highest BCUT2D eigenvalue weighted by atomic mass is 32.1. The van der Waals surface area contributed by atoms with Gasteiger partial charge < -0.3 is 9.47 Å². The third-order valence-electron chi connectivity index (χ3n) is 13.3. The number of anilines is 3. The average Bonchev–Trinajstić information content (AvgIpc) is 3.87. The van der Waals surface area contributed by atoms with Gasteiger partial charge in [0.05, 0.1) is 6.04 Å². The molecule has 13 rings (SSSR count). The molecule has 0 saturated heterocycles. The van der Waals surface area contributed by atoms with E-state index in [0.29, 0.717) is 6.04 Å². The van der Waals surface area contributed by atoms with Crippen LogP contribution in [-0.4, -0.2) is 4.57 Å². The normalized spacial score (nSPS) is 14.7. The molecule has 2 heterocycles.